The van der Waals surface area contributed by atoms with E-state index in [0.29, 0.717) is 6.42 Å². The number of esters is 1. The summed E-state index contributed by atoms with van der Waals surface area (Å²) in [6.07, 6.45) is 0.309. The number of phenolic OH excluding ortho intramolecular Hbond substituents is 1. The van der Waals surface area contributed by atoms with Crippen LogP contribution < -0.4 is 11.1 Å². The van der Waals surface area contributed by atoms with Gasteiger partial charge in [0.1, 0.15) is 11.3 Å². The lowest BCUT2D eigenvalue weighted by atomic mass is 10.0. The molecule has 0 saturated heterocycles. The van der Waals surface area contributed by atoms with Crippen LogP contribution in [-0.2, 0) is 20.7 Å². The zero-order chi connectivity index (χ0) is 15.3. The minimum Gasteiger partial charge on any atom is -0.508 e. The van der Waals surface area contributed by atoms with E-state index < -0.39 is 23.5 Å². The van der Waals surface area contributed by atoms with Gasteiger partial charge in [-0.1, -0.05) is 12.1 Å². The van der Waals surface area contributed by atoms with Crippen LogP contribution in [0.5, 0.6) is 5.75 Å². The number of methoxy groups -OCH3 is 1. The number of nitrogens with one attached hydrogen (secondary N) is 1. The van der Waals surface area contributed by atoms with Crippen molar-refractivity contribution < 1.29 is 19.4 Å². The minimum atomic E-state index is -1.13. The quantitative estimate of drug-likeness (QED) is 0.675. The molecule has 1 atom stereocenters. The molecule has 4 N–H and O–H groups in total. The van der Waals surface area contributed by atoms with Crippen LogP contribution >= 0.6 is 0 Å². The normalized spacial score (nSPS) is 12.6. The Bertz CT molecular complexity index is 482. The summed E-state index contributed by atoms with van der Waals surface area (Å²) in [7, 11) is 1.26. The highest BCUT2D eigenvalue weighted by Gasteiger charge is 2.32. The first-order valence-electron chi connectivity index (χ1n) is 6.20. The summed E-state index contributed by atoms with van der Waals surface area (Å²) in [5, 5.41) is 11.7. The number of amides is 1. The molecule has 1 aromatic rings. The van der Waals surface area contributed by atoms with Crippen molar-refractivity contribution in [1.29, 1.82) is 0 Å². The topological polar surface area (TPSA) is 102 Å². The Morgan fingerprint density at radius 1 is 1.35 bits per heavy atom. The average molecular weight is 280 g/mol. The molecular formula is C14H20N2O4. The van der Waals surface area contributed by atoms with Crippen molar-refractivity contribution >= 4 is 11.9 Å². The second-order valence-electron chi connectivity index (χ2n) is 5.08. The molecule has 0 spiro atoms. The molecule has 0 aliphatic carbocycles. The molecule has 0 unspecified atom stereocenters. The maximum Gasteiger partial charge on any atom is 0.330 e. The molecule has 0 fully saturated rings. The van der Waals surface area contributed by atoms with Gasteiger partial charge < -0.3 is 20.9 Å². The Balaban J connectivity index is 2.63. The van der Waals surface area contributed by atoms with Crippen molar-refractivity contribution in [3.63, 3.8) is 0 Å². The molecular weight excluding hydrogens is 260 g/mol. The van der Waals surface area contributed by atoms with Crippen LogP contribution in [0.4, 0.5) is 0 Å². The van der Waals surface area contributed by atoms with Gasteiger partial charge in [-0.2, -0.15) is 0 Å². The summed E-state index contributed by atoms with van der Waals surface area (Å²) >= 11 is 0. The molecule has 110 valence electrons. The average Bonchev–Trinajstić information content (AvgIpc) is 2.39. The van der Waals surface area contributed by atoms with Crippen molar-refractivity contribution in [3.05, 3.63) is 29.8 Å². The van der Waals surface area contributed by atoms with Crippen LogP contribution in [0.2, 0.25) is 0 Å². The third-order valence-electron chi connectivity index (χ3n) is 2.86. The fraction of sp³-hybridized carbons (Fsp3) is 0.429. The molecule has 0 bridgehead atoms. The van der Waals surface area contributed by atoms with E-state index in [-0.39, 0.29) is 5.75 Å². The van der Waals surface area contributed by atoms with Gasteiger partial charge in [0.15, 0.2) is 0 Å². The Kier molecular flexibility index (Phi) is 5.10. The Labute approximate surface area is 117 Å². The Morgan fingerprint density at radius 2 is 1.90 bits per heavy atom. The number of phenols is 1. The van der Waals surface area contributed by atoms with Gasteiger partial charge in [0, 0.05) is 0 Å². The van der Waals surface area contributed by atoms with E-state index in [9.17, 15) is 14.7 Å². The zero-order valence-electron chi connectivity index (χ0n) is 11.8. The summed E-state index contributed by atoms with van der Waals surface area (Å²) in [4.78, 5) is 23.4. The van der Waals surface area contributed by atoms with Crippen LogP contribution in [0, 0.1) is 0 Å². The van der Waals surface area contributed by atoms with Gasteiger partial charge in [0.25, 0.3) is 0 Å². The van der Waals surface area contributed by atoms with Gasteiger partial charge in [0.2, 0.25) is 5.91 Å². The molecule has 1 amide bonds. The SMILES string of the molecule is COC(=O)C(C)(C)NC(=O)[C@H](N)Cc1ccc(O)cc1. The predicted octanol–water partition coefficient (Wildman–Crippen LogP) is 0.330. The zero-order valence-corrected chi connectivity index (χ0v) is 11.8. The third-order valence-corrected chi connectivity index (χ3v) is 2.86. The van der Waals surface area contributed by atoms with E-state index in [0.717, 1.165) is 5.56 Å². The number of hydrogen-bond donors (Lipinski definition) is 3. The smallest absolute Gasteiger partial charge is 0.330 e. The molecule has 6 heteroatoms. The molecule has 0 aliphatic heterocycles. The maximum absolute atomic E-state index is 12.0. The fourth-order valence-electron chi connectivity index (χ4n) is 1.69. The van der Waals surface area contributed by atoms with Crippen LogP contribution in [-0.4, -0.2) is 35.7 Å². The lowest BCUT2D eigenvalue weighted by Crippen LogP contribution is -2.55. The van der Waals surface area contributed by atoms with Gasteiger partial charge in [-0.15, -0.1) is 0 Å². The largest absolute Gasteiger partial charge is 0.508 e. The van der Waals surface area contributed by atoms with Crippen LogP contribution in [0.15, 0.2) is 24.3 Å². The minimum absolute atomic E-state index is 0.151. The van der Waals surface area contributed by atoms with E-state index in [4.69, 9.17) is 5.73 Å². The number of rotatable bonds is 5. The molecule has 20 heavy (non-hydrogen) atoms. The Hall–Kier alpha value is -2.08. The molecule has 0 aliphatic rings. The highest BCUT2D eigenvalue weighted by molar-refractivity contribution is 5.89. The first-order valence-corrected chi connectivity index (χ1v) is 6.20. The number of hydrogen-bond acceptors (Lipinski definition) is 5. The first kappa shape index (κ1) is 16.0. The molecule has 0 aromatic heterocycles. The summed E-state index contributed by atoms with van der Waals surface area (Å²) in [6, 6.07) is 5.64. The number of carbonyl (C=O) groups excluding carboxylic acids is 2. The van der Waals surface area contributed by atoms with Crippen molar-refractivity contribution in [2.24, 2.45) is 5.73 Å². The van der Waals surface area contributed by atoms with Crippen LogP contribution in [0.1, 0.15) is 19.4 Å². The van der Waals surface area contributed by atoms with E-state index in [1.165, 1.54) is 19.2 Å². The van der Waals surface area contributed by atoms with E-state index in [1.54, 1.807) is 26.0 Å². The van der Waals surface area contributed by atoms with Gasteiger partial charge in [0.05, 0.1) is 13.2 Å². The van der Waals surface area contributed by atoms with Crippen LogP contribution in [0.25, 0.3) is 0 Å². The van der Waals surface area contributed by atoms with Crippen molar-refractivity contribution in [1.82, 2.24) is 5.32 Å². The number of ether oxygens (including phenoxy) is 1. The van der Waals surface area contributed by atoms with Crippen molar-refractivity contribution in [2.75, 3.05) is 7.11 Å². The highest BCUT2D eigenvalue weighted by atomic mass is 16.5. The summed E-state index contributed by atoms with van der Waals surface area (Å²) in [6.45, 7) is 3.09. The van der Waals surface area contributed by atoms with Crippen molar-refractivity contribution in [3.8, 4) is 5.75 Å². The van der Waals surface area contributed by atoms with E-state index in [2.05, 4.69) is 10.1 Å². The summed E-state index contributed by atoms with van der Waals surface area (Å²) < 4.78 is 4.60. The third kappa shape index (κ3) is 4.24. The number of benzene rings is 1. The first-order chi connectivity index (χ1) is 9.26. The molecule has 6 nitrogen and oxygen atoms in total. The maximum atomic E-state index is 12.0. The molecule has 0 heterocycles. The van der Waals surface area contributed by atoms with Gasteiger partial charge >= 0.3 is 5.97 Å². The summed E-state index contributed by atoms with van der Waals surface area (Å²) in [5.41, 5.74) is 5.50. The van der Waals surface area contributed by atoms with E-state index in [1.807, 2.05) is 0 Å². The summed E-state index contributed by atoms with van der Waals surface area (Å²) in [5.74, 6) is -0.824. The molecule has 1 rings (SSSR count). The monoisotopic (exact) mass is 280 g/mol. The number of carbonyl (C=O) groups is 2. The van der Waals surface area contributed by atoms with Crippen molar-refractivity contribution in [2.45, 2.75) is 31.8 Å². The second kappa shape index (κ2) is 6.38. The molecule has 0 saturated carbocycles. The lowest BCUT2D eigenvalue weighted by molar-refractivity contribution is -0.149. The predicted molar refractivity (Wildman–Crippen MR) is 74.0 cm³/mol. The number of nitrogens with two attached hydrogens (primary N) is 1. The number of aromatic hydroxyl groups is 1. The van der Waals surface area contributed by atoms with Crippen LogP contribution in [0.3, 0.4) is 0 Å². The highest BCUT2D eigenvalue weighted by Crippen LogP contribution is 2.11. The van der Waals surface area contributed by atoms with E-state index >= 15 is 0 Å². The molecule has 1 aromatic carbocycles. The second-order valence-corrected chi connectivity index (χ2v) is 5.08. The van der Waals surface area contributed by atoms with Gasteiger partial charge in [-0.3, -0.25) is 4.79 Å². The standard InChI is InChI=1S/C14H20N2O4/c1-14(2,13(19)20-3)16-12(18)11(15)8-9-4-6-10(17)7-5-9/h4-7,11,17H,8,15H2,1-3H3,(H,16,18)/t11-/m1/s1. The van der Waals surface area contributed by atoms with Gasteiger partial charge in [-0.05, 0) is 38.0 Å². The van der Waals surface area contributed by atoms with Gasteiger partial charge in [-0.25, -0.2) is 4.79 Å². The Morgan fingerprint density at radius 3 is 2.40 bits per heavy atom. The fourth-order valence-corrected chi connectivity index (χ4v) is 1.69. The lowest BCUT2D eigenvalue weighted by Gasteiger charge is -2.25. The molecule has 0 radical (unpaired) electrons.